The van der Waals surface area contributed by atoms with Crippen molar-refractivity contribution in [2.24, 2.45) is 0 Å². The van der Waals surface area contributed by atoms with E-state index >= 15 is 0 Å². The number of hydrogen-bond donors (Lipinski definition) is 0. The Balaban J connectivity index is 2.12. The van der Waals surface area contributed by atoms with Crippen molar-refractivity contribution in [1.82, 2.24) is 4.90 Å². The molecule has 2 rings (SSSR count). The first-order valence-electron chi connectivity index (χ1n) is 6.13. The Morgan fingerprint density at radius 1 is 1.35 bits per heavy atom. The Hall–Kier alpha value is -1.51. The van der Waals surface area contributed by atoms with Gasteiger partial charge in [-0.05, 0) is 31.0 Å². The molecule has 0 spiro atoms. The van der Waals surface area contributed by atoms with Gasteiger partial charge < -0.3 is 9.64 Å². The van der Waals surface area contributed by atoms with Crippen LogP contribution in [0.2, 0.25) is 0 Å². The molecule has 0 radical (unpaired) electrons. The van der Waals surface area contributed by atoms with Crippen molar-refractivity contribution >= 4 is 5.91 Å². The highest BCUT2D eigenvalue weighted by molar-refractivity contribution is 5.94. The van der Waals surface area contributed by atoms with E-state index in [0.29, 0.717) is 11.6 Å². The second-order valence-corrected chi connectivity index (χ2v) is 4.59. The molecule has 1 aliphatic carbocycles. The van der Waals surface area contributed by atoms with E-state index in [0.717, 1.165) is 18.6 Å². The average molecular weight is 233 g/mol. The summed E-state index contributed by atoms with van der Waals surface area (Å²) in [4.78, 5) is 14.1. The lowest BCUT2D eigenvalue weighted by Gasteiger charge is -2.24. The van der Waals surface area contributed by atoms with E-state index in [-0.39, 0.29) is 5.91 Å². The molecule has 0 atom stereocenters. The predicted molar refractivity (Wildman–Crippen MR) is 67.3 cm³/mol. The zero-order valence-electron chi connectivity index (χ0n) is 10.5. The van der Waals surface area contributed by atoms with Crippen LogP contribution in [0.5, 0.6) is 5.75 Å². The number of rotatable bonds is 3. The molecule has 3 heteroatoms. The molecular weight excluding hydrogens is 214 g/mol. The fraction of sp³-hybridized carbons (Fsp3) is 0.500. The third-order valence-electron chi connectivity index (χ3n) is 3.51. The molecule has 1 amide bonds. The molecule has 1 aromatic carbocycles. The molecule has 0 unspecified atom stereocenters. The third-order valence-corrected chi connectivity index (χ3v) is 3.51. The largest absolute Gasteiger partial charge is 0.497 e. The smallest absolute Gasteiger partial charge is 0.253 e. The normalized spacial score (nSPS) is 15.9. The van der Waals surface area contributed by atoms with Crippen LogP contribution in [-0.2, 0) is 0 Å². The minimum Gasteiger partial charge on any atom is -0.497 e. The minimum absolute atomic E-state index is 0.0933. The molecule has 0 saturated heterocycles. The van der Waals surface area contributed by atoms with E-state index in [4.69, 9.17) is 4.74 Å². The highest BCUT2D eigenvalue weighted by Crippen LogP contribution is 2.24. The first-order valence-corrected chi connectivity index (χ1v) is 6.13. The maximum Gasteiger partial charge on any atom is 0.253 e. The van der Waals surface area contributed by atoms with Crippen LogP contribution in [0, 0.1) is 0 Å². The maximum absolute atomic E-state index is 12.3. The lowest BCUT2D eigenvalue weighted by atomic mass is 10.1. The first kappa shape index (κ1) is 12.0. The Kier molecular flexibility index (Phi) is 3.67. The van der Waals surface area contributed by atoms with Crippen molar-refractivity contribution in [3.8, 4) is 5.75 Å². The number of amides is 1. The molecule has 92 valence electrons. The van der Waals surface area contributed by atoms with Gasteiger partial charge in [-0.1, -0.05) is 18.9 Å². The number of carbonyl (C=O) groups excluding carboxylic acids is 1. The lowest BCUT2D eigenvalue weighted by molar-refractivity contribution is 0.0735. The van der Waals surface area contributed by atoms with Crippen molar-refractivity contribution < 1.29 is 9.53 Å². The zero-order chi connectivity index (χ0) is 12.3. The SMILES string of the molecule is COc1cccc(C(=O)N(C)C2CCCC2)c1. The monoisotopic (exact) mass is 233 g/mol. The van der Waals surface area contributed by atoms with Crippen LogP contribution in [0.25, 0.3) is 0 Å². The summed E-state index contributed by atoms with van der Waals surface area (Å²) in [6.45, 7) is 0. The summed E-state index contributed by atoms with van der Waals surface area (Å²) in [5.41, 5.74) is 0.707. The molecule has 0 bridgehead atoms. The second-order valence-electron chi connectivity index (χ2n) is 4.59. The minimum atomic E-state index is 0.0933. The first-order chi connectivity index (χ1) is 8.22. The van der Waals surface area contributed by atoms with Gasteiger partial charge in [0.1, 0.15) is 5.75 Å². The molecule has 1 fully saturated rings. The van der Waals surface area contributed by atoms with Gasteiger partial charge in [0, 0.05) is 18.7 Å². The van der Waals surface area contributed by atoms with Gasteiger partial charge in [-0.15, -0.1) is 0 Å². The van der Waals surface area contributed by atoms with Gasteiger partial charge in [0.25, 0.3) is 5.91 Å². The zero-order valence-corrected chi connectivity index (χ0v) is 10.5. The number of methoxy groups -OCH3 is 1. The van der Waals surface area contributed by atoms with Gasteiger partial charge in [0.2, 0.25) is 0 Å². The van der Waals surface area contributed by atoms with E-state index in [9.17, 15) is 4.79 Å². The van der Waals surface area contributed by atoms with Gasteiger partial charge in [0.15, 0.2) is 0 Å². The van der Waals surface area contributed by atoms with Gasteiger partial charge in [-0.3, -0.25) is 4.79 Å². The van der Waals surface area contributed by atoms with E-state index in [1.54, 1.807) is 13.2 Å². The van der Waals surface area contributed by atoms with E-state index in [1.165, 1.54) is 12.8 Å². The van der Waals surface area contributed by atoms with Crippen molar-refractivity contribution in [2.75, 3.05) is 14.2 Å². The summed E-state index contributed by atoms with van der Waals surface area (Å²) >= 11 is 0. The topological polar surface area (TPSA) is 29.5 Å². The van der Waals surface area contributed by atoms with Crippen LogP contribution in [0.15, 0.2) is 24.3 Å². The molecule has 17 heavy (non-hydrogen) atoms. The van der Waals surface area contributed by atoms with Crippen molar-refractivity contribution in [1.29, 1.82) is 0 Å². The summed E-state index contributed by atoms with van der Waals surface area (Å²) < 4.78 is 5.14. The molecule has 0 heterocycles. The lowest BCUT2D eigenvalue weighted by Crippen LogP contribution is -2.35. The van der Waals surface area contributed by atoms with E-state index in [2.05, 4.69) is 0 Å². The molecule has 1 aliphatic rings. The molecule has 1 saturated carbocycles. The Morgan fingerprint density at radius 3 is 2.71 bits per heavy atom. The van der Waals surface area contributed by atoms with Crippen molar-refractivity contribution in [3.63, 3.8) is 0 Å². The Bertz CT molecular complexity index is 397. The Morgan fingerprint density at radius 2 is 2.06 bits per heavy atom. The number of hydrogen-bond acceptors (Lipinski definition) is 2. The van der Waals surface area contributed by atoms with Gasteiger partial charge in [0.05, 0.1) is 7.11 Å². The van der Waals surface area contributed by atoms with Crippen LogP contribution >= 0.6 is 0 Å². The quantitative estimate of drug-likeness (QED) is 0.803. The fourth-order valence-corrected chi connectivity index (χ4v) is 2.42. The van der Waals surface area contributed by atoms with Gasteiger partial charge in [-0.2, -0.15) is 0 Å². The summed E-state index contributed by atoms with van der Waals surface area (Å²) in [5.74, 6) is 0.825. The van der Waals surface area contributed by atoms with E-state index in [1.807, 2.05) is 30.1 Å². The number of ether oxygens (including phenoxy) is 1. The van der Waals surface area contributed by atoms with Crippen LogP contribution in [-0.4, -0.2) is 31.0 Å². The molecule has 0 aromatic heterocycles. The van der Waals surface area contributed by atoms with Crippen LogP contribution in [0.1, 0.15) is 36.0 Å². The number of nitrogens with zero attached hydrogens (tertiary/aromatic N) is 1. The number of benzene rings is 1. The maximum atomic E-state index is 12.3. The van der Waals surface area contributed by atoms with Gasteiger partial charge >= 0.3 is 0 Å². The third kappa shape index (κ3) is 2.60. The molecule has 0 aliphatic heterocycles. The summed E-state index contributed by atoms with van der Waals surface area (Å²) in [6.07, 6.45) is 4.74. The van der Waals surface area contributed by atoms with Crippen LogP contribution < -0.4 is 4.74 Å². The summed E-state index contributed by atoms with van der Waals surface area (Å²) in [6, 6.07) is 7.76. The average Bonchev–Trinajstić information content (AvgIpc) is 2.91. The van der Waals surface area contributed by atoms with Crippen LogP contribution in [0.3, 0.4) is 0 Å². The van der Waals surface area contributed by atoms with E-state index < -0.39 is 0 Å². The van der Waals surface area contributed by atoms with Gasteiger partial charge in [-0.25, -0.2) is 0 Å². The van der Waals surface area contributed by atoms with Crippen molar-refractivity contribution in [2.45, 2.75) is 31.7 Å². The molecule has 1 aromatic rings. The Labute approximate surface area is 102 Å². The molecule has 0 N–H and O–H groups in total. The summed E-state index contributed by atoms with van der Waals surface area (Å²) in [7, 11) is 3.52. The standard InChI is InChI=1S/C14H19NO2/c1-15(12-7-3-4-8-12)14(16)11-6-5-9-13(10-11)17-2/h5-6,9-10,12H,3-4,7-8H2,1-2H3. The predicted octanol–water partition coefficient (Wildman–Crippen LogP) is 2.71. The highest BCUT2D eigenvalue weighted by Gasteiger charge is 2.24. The fourth-order valence-electron chi connectivity index (χ4n) is 2.42. The van der Waals surface area contributed by atoms with Crippen LogP contribution in [0.4, 0.5) is 0 Å². The second kappa shape index (κ2) is 5.21. The van der Waals surface area contributed by atoms with Crippen molar-refractivity contribution in [3.05, 3.63) is 29.8 Å². The number of carbonyl (C=O) groups is 1. The highest BCUT2D eigenvalue weighted by atomic mass is 16.5. The summed E-state index contributed by atoms with van der Waals surface area (Å²) in [5, 5.41) is 0. The molecule has 3 nitrogen and oxygen atoms in total. The molecular formula is C14H19NO2.